The first-order valence-electron chi connectivity index (χ1n) is 4.92. The topological polar surface area (TPSA) is 79.1 Å². The molecule has 0 aromatic heterocycles. The van der Waals surface area contributed by atoms with Gasteiger partial charge in [0.05, 0.1) is 25.8 Å². The number of carbonyl (C=O) groups excluding carboxylic acids is 1. The molecular formula is C11H11F2NO4. The molecule has 0 saturated carbocycles. The van der Waals surface area contributed by atoms with E-state index in [2.05, 4.69) is 9.73 Å². The zero-order valence-corrected chi connectivity index (χ0v) is 9.48. The fraction of sp³-hybridized carbons (Fsp3) is 0.273. The van der Waals surface area contributed by atoms with E-state index in [1.54, 1.807) is 0 Å². The van der Waals surface area contributed by atoms with Crippen LogP contribution in [0, 0.1) is 11.6 Å². The Balaban J connectivity index is 3.27. The van der Waals surface area contributed by atoms with Crippen LogP contribution in [0.1, 0.15) is 15.9 Å². The fourth-order valence-corrected chi connectivity index (χ4v) is 1.21. The molecule has 0 aliphatic heterocycles. The molecule has 98 valence electrons. The van der Waals surface area contributed by atoms with Gasteiger partial charge in [-0.2, -0.15) is 4.39 Å². The van der Waals surface area contributed by atoms with Crippen LogP contribution in [0.2, 0.25) is 0 Å². The molecule has 0 radical (unpaired) electrons. The molecule has 7 heteroatoms. The number of phenols is 1. The summed E-state index contributed by atoms with van der Waals surface area (Å²) in [6, 6.07) is 0.917. The van der Waals surface area contributed by atoms with E-state index in [0.717, 1.165) is 19.4 Å². The van der Waals surface area contributed by atoms with Gasteiger partial charge >= 0.3 is 5.97 Å². The smallest absolute Gasteiger partial charge is 0.340 e. The third-order valence-corrected chi connectivity index (χ3v) is 2.08. The van der Waals surface area contributed by atoms with Gasteiger partial charge in [0.2, 0.25) is 5.82 Å². The number of rotatable bonds is 4. The monoisotopic (exact) mass is 259 g/mol. The molecule has 0 saturated heterocycles. The Morgan fingerprint density at radius 2 is 2.17 bits per heavy atom. The van der Waals surface area contributed by atoms with Crippen molar-refractivity contribution in [2.45, 2.75) is 0 Å². The highest BCUT2D eigenvalue weighted by Crippen LogP contribution is 2.26. The molecule has 0 unspecified atom stereocenters. The Bertz CT molecular complexity index is 488. The van der Waals surface area contributed by atoms with Crippen molar-refractivity contribution in [3.63, 3.8) is 0 Å². The molecule has 0 heterocycles. The summed E-state index contributed by atoms with van der Waals surface area (Å²) in [7, 11) is 1.02. The van der Waals surface area contributed by atoms with Gasteiger partial charge in [-0.15, -0.1) is 0 Å². The Morgan fingerprint density at radius 1 is 1.50 bits per heavy atom. The molecule has 0 bridgehead atoms. The van der Waals surface area contributed by atoms with E-state index < -0.39 is 28.9 Å². The molecule has 1 aromatic rings. The molecule has 0 fully saturated rings. The summed E-state index contributed by atoms with van der Waals surface area (Å²) in [5, 5.41) is 17.8. The zero-order chi connectivity index (χ0) is 13.7. The van der Waals surface area contributed by atoms with Crippen molar-refractivity contribution in [3.8, 4) is 5.75 Å². The first kappa shape index (κ1) is 14.0. The molecule has 0 aliphatic rings. The Morgan fingerprint density at radius 3 is 2.72 bits per heavy atom. The number of methoxy groups -OCH3 is 1. The Kier molecular flexibility index (Phi) is 4.73. The van der Waals surface area contributed by atoms with E-state index in [1.165, 1.54) is 0 Å². The molecule has 18 heavy (non-hydrogen) atoms. The lowest BCUT2D eigenvalue weighted by atomic mass is 10.1. The minimum Gasteiger partial charge on any atom is -0.504 e. The van der Waals surface area contributed by atoms with Gasteiger partial charge in [-0.1, -0.05) is 0 Å². The average Bonchev–Trinajstić information content (AvgIpc) is 2.38. The van der Waals surface area contributed by atoms with Gasteiger partial charge in [-0.3, -0.25) is 4.99 Å². The van der Waals surface area contributed by atoms with Gasteiger partial charge in [0, 0.05) is 11.8 Å². The van der Waals surface area contributed by atoms with Crippen molar-refractivity contribution < 1.29 is 28.5 Å². The van der Waals surface area contributed by atoms with Gasteiger partial charge in [0.15, 0.2) is 11.6 Å². The predicted molar refractivity (Wildman–Crippen MR) is 58.9 cm³/mol. The number of aliphatic imine (C=N–C) groups is 1. The second-order valence-corrected chi connectivity index (χ2v) is 3.24. The highest BCUT2D eigenvalue weighted by molar-refractivity contribution is 5.94. The minimum atomic E-state index is -1.55. The second-order valence-electron chi connectivity index (χ2n) is 3.24. The van der Waals surface area contributed by atoms with Crippen LogP contribution in [-0.4, -0.2) is 42.7 Å². The van der Waals surface area contributed by atoms with Crippen LogP contribution in [0.15, 0.2) is 11.1 Å². The van der Waals surface area contributed by atoms with Crippen molar-refractivity contribution in [2.75, 3.05) is 20.3 Å². The molecule has 0 amide bonds. The van der Waals surface area contributed by atoms with Gasteiger partial charge in [0.25, 0.3) is 0 Å². The van der Waals surface area contributed by atoms with Crippen molar-refractivity contribution in [1.82, 2.24) is 0 Å². The van der Waals surface area contributed by atoms with Crippen LogP contribution in [0.4, 0.5) is 8.78 Å². The number of ether oxygens (including phenoxy) is 1. The zero-order valence-electron chi connectivity index (χ0n) is 9.48. The van der Waals surface area contributed by atoms with Gasteiger partial charge in [-0.05, 0) is 6.07 Å². The number of hydrogen-bond acceptors (Lipinski definition) is 5. The van der Waals surface area contributed by atoms with Crippen LogP contribution < -0.4 is 0 Å². The summed E-state index contributed by atoms with van der Waals surface area (Å²) in [6.45, 7) is -0.198. The highest BCUT2D eigenvalue weighted by Gasteiger charge is 2.22. The standard InChI is InChI=1S/C11H11F2NO4/c1-18-11(17)7-4-6(5-14-2-3-15)10(16)9(13)8(7)12/h4-5,15-16H,2-3H2,1H3. The summed E-state index contributed by atoms with van der Waals surface area (Å²) in [4.78, 5) is 14.8. The minimum absolute atomic E-state index is 0.0337. The van der Waals surface area contributed by atoms with E-state index in [1.807, 2.05) is 0 Å². The molecule has 1 rings (SSSR count). The Labute approximate surface area is 101 Å². The molecule has 0 atom stereocenters. The van der Waals surface area contributed by atoms with Crippen molar-refractivity contribution in [3.05, 3.63) is 28.8 Å². The van der Waals surface area contributed by atoms with Crippen molar-refractivity contribution >= 4 is 12.2 Å². The normalized spacial score (nSPS) is 10.9. The maximum atomic E-state index is 13.3. The van der Waals surface area contributed by atoms with E-state index in [0.29, 0.717) is 0 Å². The summed E-state index contributed by atoms with van der Waals surface area (Å²) in [6.07, 6.45) is 1.03. The van der Waals surface area contributed by atoms with Crippen LogP contribution in [0.25, 0.3) is 0 Å². The lowest BCUT2D eigenvalue weighted by Gasteiger charge is -2.06. The molecule has 0 spiro atoms. The Hall–Kier alpha value is -2.02. The van der Waals surface area contributed by atoms with Crippen LogP contribution in [0.3, 0.4) is 0 Å². The average molecular weight is 259 g/mol. The molecule has 1 aromatic carbocycles. The summed E-state index contributed by atoms with van der Waals surface area (Å²) < 4.78 is 30.9. The van der Waals surface area contributed by atoms with Crippen LogP contribution in [0.5, 0.6) is 5.75 Å². The summed E-state index contributed by atoms with van der Waals surface area (Å²) in [5.41, 5.74) is -0.819. The lowest BCUT2D eigenvalue weighted by molar-refractivity contribution is 0.0594. The number of hydrogen-bond donors (Lipinski definition) is 2. The SMILES string of the molecule is COC(=O)c1cc(C=NCCO)c(O)c(F)c1F. The maximum absolute atomic E-state index is 13.3. The van der Waals surface area contributed by atoms with Gasteiger partial charge in [-0.25, -0.2) is 9.18 Å². The number of carbonyl (C=O) groups is 1. The predicted octanol–water partition coefficient (Wildman–Crippen LogP) is 0.868. The number of aromatic hydroxyl groups is 1. The number of halogens is 2. The van der Waals surface area contributed by atoms with E-state index in [-0.39, 0.29) is 18.7 Å². The van der Waals surface area contributed by atoms with E-state index >= 15 is 0 Å². The number of phenolic OH excluding ortho intramolecular Hbond substituents is 1. The first-order valence-corrected chi connectivity index (χ1v) is 4.92. The maximum Gasteiger partial charge on any atom is 0.340 e. The largest absolute Gasteiger partial charge is 0.504 e. The number of esters is 1. The number of nitrogens with zero attached hydrogens (tertiary/aromatic N) is 1. The molecular weight excluding hydrogens is 248 g/mol. The van der Waals surface area contributed by atoms with Crippen LogP contribution >= 0.6 is 0 Å². The third kappa shape index (κ3) is 2.80. The number of benzene rings is 1. The molecule has 2 N–H and O–H groups in total. The highest BCUT2D eigenvalue weighted by atomic mass is 19.2. The third-order valence-electron chi connectivity index (χ3n) is 2.08. The van der Waals surface area contributed by atoms with E-state index in [4.69, 9.17) is 5.11 Å². The fourth-order valence-electron chi connectivity index (χ4n) is 1.21. The molecule has 0 aliphatic carbocycles. The summed E-state index contributed by atoms with van der Waals surface area (Å²) in [5.74, 6) is -5.06. The lowest BCUT2D eigenvalue weighted by Crippen LogP contribution is -2.08. The first-order chi connectivity index (χ1) is 8.52. The molecule has 5 nitrogen and oxygen atoms in total. The van der Waals surface area contributed by atoms with Gasteiger partial charge in [0.1, 0.15) is 0 Å². The number of aliphatic hydroxyl groups is 1. The quantitative estimate of drug-likeness (QED) is 0.621. The second kappa shape index (κ2) is 6.06. The van der Waals surface area contributed by atoms with Crippen LogP contribution in [-0.2, 0) is 4.74 Å². The number of aliphatic hydroxyl groups excluding tert-OH is 1. The van der Waals surface area contributed by atoms with Crippen molar-refractivity contribution in [1.29, 1.82) is 0 Å². The van der Waals surface area contributed by atoms with Gasteiger partial charge < -0.3 is 14.9 Å². The van der Waals surface area contributed by atoms with Crippen molar-refractivity contribution in [2.24, 2.45) is 4.99 Å². The van der Waals surface area contributed by atoms with E-state index in [9.17, 15) is 18.7 Å². The summed E-state index contributed by atoms with van der Waals surface area (Å²) >= 11 is 0.